The number of aryl methyl sites for hydroxylation is 1. The molecule has 4 heteroatoms. The van der Waals surface area contributed by atoms with E-state index in [9.17, 15) is 9.90 Å². The molecule has 0 bridgehead atoms. The fourth-order valence-electron chi connectivity index (χ4n) is 1.04. The molecule has 2 N–H and O–H groups in total. The van der Waals surface area contributed by atoms with Crippen molar-refractivity contribution >= 4 is 21.8 Å². The number of phenols is 1. The highest BCUT2D eigenvalue weighted by Crippen LogP contribution is 2.26. The van der Waals surface area contributed by atoms with Crippen molar-refractivity contribution in [3.8, 4) is 5.75 Å². The van der Waals surface area contributed by atoms with E-state index < -0.39 is 0 Å². The summed E-state index contributed by atoms with van der Waals surface area (Å²) in [6, 6.07) is 3.34. The molecule has 1 rings (SSSR count). The minimum atomic E-state index is -0.290. The molecule has 70 valence electrons. The number of rotatable bonds is 1. The number of hydrogen-bond acceptors (Lipinski definition) is 2. The van der Waals surface area contributed by atoms with Gasteiger partial charge in [-0.05, 0) is 24.6 Å². The Bertz CT molecular complexity index is 350. The van der Waals surface area contributed by atoms with Crippen LogP contribution in [0.25, 0.3) is 0 Å². The molecule has 1 aromatic rings. The highest BCUT2D eigenvalue weighted by molar-refractivity contribution is 9.10. The lowest BCUT2D eigenvalue weighted by Crippen LogP contribution is -2.18. The summed E-state index contributed by atoms with van der Waals surface area (Å²) in [6.07, 6.45) is 0. The maximum Gasteiger partial charge on any atom is 0.254 e. The minimum absolute atomic E-state index is 0.0301. The van der Waals surface area contributed by atoms with Crippen molar-refractivity contribution < 1.29 is 9.90 Å². The standard InChI is InChI=1S/C9H10BrNO2/c1-5-3-6(10)4-7(8(5)12)9(13)11-2/h3-4,12H,1-2H3,(H,11,13). The largest absolute Gasteiger partial charge is 0.507 e. The minimum Gasteiger partial charge on any atom is -0.507 e. The topological polar surface area (TPSA) is 49.3 Å². The summed E-state index contributed by atoms with van der Waals surface area (Å²) in [6.45, 7) is 1.74. The van der Waals surface area contributed by atoms with E-state index >= 15 is 0 Å². The monoisotopic (exact) mass is 243 g/mol. The van der Waals surface area contributed by atoms with Gasteiger partial charge in [0.1, 0.15) is 5.75 Å². The third-order valence-electron chi connectivity index (χ3n) is 1.74. The molecule has 0 saturated heterocycles. The highest BCUT2D eigenvalue weighted by Gasteiger charge is 2.11. The molecule has 0 saturated carbocycles. The van der Waals surface area contributed by atoms with Gasteiger partial charge in [-0.15, -0.1) is 0 Å². The van der Waals surface area contributed by atoms with E-state index in [4.69, 9.17) is 0 Å². The molecule has 0 aliphatic carbocycles. The lowest BCUT2D eigenvalue weighted by molar-refractivity contribution is 0.0960. The van der Waals surface area contributed by atoms with Gasteiger partial charge in [0, 0.05) is 11.5 Å². The number of nitrogens with one attached hydrogen (secondary N) is 1. The number of hydrogen-bond donors (Lipinski definition) is 2. The maximum absolute atomic E-state index is 11.2. The van der Waals surface area contributed by atoms with E-state index in [1.165, 1.54) is 7.05 Å². The fraction of sp³-hybridized carbons (Fsp3) is 0.222. The van der Waals surface area contributed by atoms with Crippen LogP contribution < -0.4 is 5.32 Å². The Balaban J connectivity index is 3.28. The molecule has 0 unspecified atom stereocenters. The zero-order chi connectivity index (χ0) is 10.0. The smallest absolute Gasteiger partial charge is 0.254 e. The summed E-state index contributed by atoms with van der Waals surface area (Å²) in [7, 11) is 1.53. The molecule has 0 spiro atoms. The second-order valence-corrected chi connectivity index (χ2v) is 3.61. The lowest BCUT2D eigenvalue weighted by Gasteiger charge is -2.06. The van der Waals surface area contributed by atoms with Gasteiger partial charge in [-0.3, -0.25) is 4.79 Å². The van der Waals surface area contributed by atoms with Crippen LogP contribution in [0.3, 0.4) is 0 Å². The Morgan fingerprint density at radius 3 is 2.69 bits per heavy atom. The normalized spacial score (nSPS) is 9.77. The number of aromatic hydroxyl groups is 1. The van der Waals surface area contributed by atoms with E-state index in [0.29, 0.717) is 5.56 Å². The van der Waals surface area contributed by atoms with E-state index in [1.54, 1.807) is 19.1 Å². The zero-order valence-corrected chi connectivity index (χ0v) is 8.97. The van der Waals surface area contributed by atoms with Crippen molar-refractivity contribution in [2.75, 3.05) is 7.05 Å². The molecular formula is C9H10BrNO2. The van der Waals surface area contributed by atoms with Crippen molar-refractivity contribution in [2.24, 2.45) is 0 Å². The van der Waals surface area contributed by atoms with Gasteiger partial charge < -0.3 is 10.4 Å². The summed E-state index contributed by atoms with van der Waals surface area (Å²) < 4.78 is 0.779. The number of benzene rings is 1. The number of carbonyl (C=O) groups is 1. The van der Waals surface area contributed by atoms with Crippen LogP contribution in [-0.4, -0.2) is 18.1 Å². The molecule has 0 atom stereocenters. The van der Waals surface area contributed by atoms with Gasteiger partial charge in [-0.1, -0.05) is 15.9 Å². The van der Waals surface area contributed by atoms with Crippen LogP contribution in [0.15, 0.2) is 16.6 Å². The van der Waals surface area contributed by atoms with Gasteiger partial charge in [-0.2, -0.15) is 0 Å². The van der Waals surface area contributed by atoms with E-state index in [0.717, 1.165) is 4.47 Å². The molecule has 0 aliphatic rings. The van der Waals surface area contributed by atoms with Crippen LogP contribution in [0.4, 0.5) is 0 Å². The average molecular weight is 244 g/mol. The van der Waals surface area contributed by atoms with Crippen LogP contribution in [0.5, 0.6) is 5.75 Å². The molecule has 0 aliphatic heterocycles. The molecule has 0 heterocycles. The van der Waals surface area contributed by atoms with Crippen LogP contribution in [-0.2, 0) is 0 Å². The number of halogens is 1. The molecule has 3 nitrogen and oxygen atoms in total. The van der Waals surface area contributed by atoms with Crippen LogP contribution in [0, 0.1) is 6.92 Å². The summed E-state index contributed by atoms with van der Waals surface area (Å²) in [5.41, 5.74) is 0.961. The summed E-state index contributed by atoms with van der Waals surface area (Å²) >= 11 is 3.25. The number of carbonyl (C=O) groups excluding carboxylic acids is 1. The van der Waals surface area contributed by atoms with Gasteiger partial charge in [-0.25, -0.2) is 0 Å². The summed E-state index contributed by atoms with van der Waals surface area (Å²) in [5, 5.41) is 12.0. The second-order valence-electron chi connectivity index (χ2n) is 2.70. The molecule has 0 fully saturated rings. The van der Waals surface area contributed by atoms with Gasteiger partial charge in [0.2, 0.25) is 0 Å². The predicted octanol–water partition coefficient (Wildman–Crippen LogP) is 1.82. The molecule has 0 radical (unpaired) electrons. The first-order valence-electron chi connectivity index (χ1n) is 3.77. The van der Waals surface area contributed by atoms with Crippen LogP contribution in [0.1, 0.15) is 15.9 Å². The second kappa shape index (κ2) is 3.79. The van der Waals surface area contributed by atoms with E-state index in [1.807, 2.05) is 0 Å². The summed E-state index contributed by atoms with van der Waals surface area (Å²) in [4.78, 5) is 11.2. The van der Waals surface area contributed by atoms with Gasteiger partial charge >= 0.3 is 0 Å². The van der Waals surface area contributed by atoms with Crippen LogP contribution in [0.2, 0.25) is 0 Å². The molecular weight excluding hydrogens is 234 g/mol. The van der Waals surface area contributed by atoms with E-state index in [2.05, 4.69) is 21.2 Å². The van der Waals surface area contributed by atoms with Crippen LogP contribution >= 0.6 is 15.9 Å². The Kier molecular flexibility index (Phi) is 2.93. The first-order valence-corrected chi connectivity index (χ1v) is 4.56. The first-order chi connectivity index (χ1) is 6.06. The van der Waals surface area contributed by atoms with Gasteiger partial charge in [0.05, 0.1) is 5.56 Å². The Morgan fingerprint density at radius 1 is 1.54 bits per heavy atom. The van der Waals surface area contributed by atoms with Gasteiger partial charge in [0.25, 0.3) is 5.91 Å². The fourth-order valence-corrected chi connectivity index (χ4v) is 1.62. The molecule has 0 aromatic heterocycles. The quantitative estimate of drug-likeness (QED) is 0.791. The SMILES string of the molecule is CNC(=O)c1cc(Br)cc(C)c1O. The Labute approximate surface area is 84.9 Å². The average Bonchev–Trinajstić information content (AvgIpc) is 2.10. The van der Waals surface area contributed by atoms with Crippen molar-refractivity contribution in [3.05, 3.63) is 27.7 Å². The highest BCUT2D eigenvalue weighted by atomic mass is 79.9. The number of phenolic OH excluding ortho intramolecular Hbond substituents is 1. The lowest BCUT2D eigenvalue weighted by atomic mass is 10.1. The van der Waals surface area contributed by atoms with Crippen molar-refractivity contribution in [3.63, 3.8) is 0 Å². The van der Waals surface area contributed by atoms with E-state index in [-0.39, 0.29) is 17.2 Å². The molecule has 13 heavy (non-hydrogen) atoms. The van der Waals surface area contributed by atoms with Gasteiger partial charge in [0.15, 0.2) is 0 Å². The third-order valence-corrected chi connectivity index (χ3v) is 2.19. The first kappa shape index (κ1) is 10.1. The van der Waals surface area contributed by atoms with Crippen molar-refractivity contribution in [1.29, 1.82) is 0 Å². The van der Waals surface area contributed by atoms with Crippen molar-refractivity contribution in [1.82, 2.24) is 5.32 Å². The Hall–Kier alpha value is -1.03. The summed E-state index contributed by atoms with van der Waals surface area (Å²) in [5.74, 6) is -0.260. The predicted molar refractivity (Wildman–Crippen MR) is 53.9 cm³/mol. The third kappa shape index (κ3) is 2.01. The molecule has 1 aromatic carbocycles. The number of amides is 1. The van der Waals surface area contributed by atoms with Crippen molar-refractivity contribution in [2.45, 2.75) is 6.92 Å². The molecule has 1 amide bonds. The zero-order valence-electron chi connectivity index (χ0n) is 7.39. The Morgan fingerprint density at radius 2 is 2.15 bits per heavy atom. The maximum atomic E-state index is 11.2.